The summed E-state index contributed by atoms with van der Waals surface area (Å²) in [5, 5.41) is 3.81. The van der Waals surface area contributed by atoms with Crippen LogP contribution in [-0.2, 0) is 0 Å². The molecule has 1 aromatic carbocycles. The van der Waals surface area contributed by atoms with Gasteiger partial charge in [0.1, 0.15) is 0 Å². The normalized spacial score (nSPS) is 10.4. The van der Waals surface area contributed by atoms with Crippen molar-refractivity contribution in [2.24, 2.45) is 5.84 Å². The van der Waals surface area contributed by atoms with Crippen molar-refractivity contribution in [3.05, 3.63) is 57.5 Å². The molecular formula is C12H10F2N4O2. The van der Waals surface area contributed by atoms with E-state index in [9.17, 15) is 18.4 Å². The summed E-state index contributed by atoms with van der Waals surface area (Å²) < 4.78 is 27.3. The summed E-state index contributed by atoms with van der Waals surface area (Å²) >= 11 is 0. The molecule has 1 heterocycles. The molecule has 8 heteroatoms. The molecule has 0 aliphatic rings. The molecule has 0 aliphatic heterocycles. The van der Waals surface area contributed by atoms with Crippen molar-refractivity contribution in [3.8, 4) is 5.69 Å². The minimum Gasteiger partial charge on any atom is -0.289 e. The minimum atomic E-state index is -1.06. The first-order valence-electron chi connectivity index (χ1n) is 5.51. The monoisotopic (exact) mass is 280 g/mol. The highest BCUT2D eigenvalue weighted by Gasteiger charge is 2.14. The van der Waals surface area contributed by atoms with Crippen LogP contribution in [0.1, 0.15) is 16.2 Å². The van der Waals surface area contributed by atoms with Crippen molar-refractivity contribution in [1.29, 1.82) is 0 Å². The Morgan fingerprint density at radius 3 is 2.60 bits per heavy atom. The van der Waals surface area contributed by atoms with Gasteiger partial charge < -0.3 is 0 Å². The van der Waals surface area contributed by atoms with Crippen LogP contribution in [0, 0.1) is 18.6 Å². The molecular weight excluding hydrogens is 270 g/mol. The van der Waals surface area contributed by atoms with Crippen LogP contribution in [0.4, 0.5) is 8.78 Å². The average molecular weight is 280 g/mol. The number of nitrogens with one attached hydrogen (secondary N) is 1. The zero-order chi connectivity index (χ0) is 14.9. The zero-order valence-corrected chi connectivity index (χ0v) is 10.4. The molecule has 0 unspecified atom stereocenters. The van der Waals surface area contributed by atoms with Crippen molar-refractivity contribution in [2.45, 2.75) is 6.92 Å². The van der Waals surface area contributed by atoms with Crippen LogP contribution in [0.2, 0.25) is 0 Å². The molecule has 1 aromatic heterocycles. The molecule has 0 fully saturated rings. The number of nitrogens with two attached hydrogens (primary N) is 1. The lowest BCUT2D eigenvalue weighted by molar-refractivity contribution is 0.0945. The number of benzene rings is 1. The van der Waals surface area contributed by atoms with E-state index in [1.54, 1.807) is 12.3 Å². The van der Waals surface area contributed by atoms with Crippen molar-refractivity contribution in [1.82, 2.24) is 15.2 Å². The molecule has 0 aliphatic carbocycles. The van der Waals surface area contributed by atoms with Crippen molar-refractivity contribution in [3.63, 3.8) is 0 Å². The molecule has 0 saturated heterocycles. The molecule has 1 amide bonds. The number of hydrazine groups is 1. The van der Waals surface area contributed by atoms with Gasteiger partial charge in [-0.05, 0) is 19.1 Å². The van der Waals surface area contributed by atoms with Gasteiger partial charge in [-0.25, -0.2) is 19.3 Å². The third-order valence-electron chi connectivity index (χ3n) is 2.60. The highest BCUT2D eigenvalue weighted by Crippen LogP contribution is 2.13. The van der Waals surface area contributed by atoms with Crippen LogP contribution in [0.5, 0.6) is 0 Å². The Balaban J connectivity index is 2.64. The van der Waals surface area contributed by atoms with E-state index in [1.807, 2.05) is 0 Å². The third kappa shape index (κ3) is 2.41. The summed E-state index contributed by atoms with van der Waals surface area (Å²) in [7, 11) is 0. The Kier molecular flexibility index (Phi) is 3.57. The first kappa shape index (κ1) is 13.8. The number of rotatable bonds is 2. The van der Waals surface area contributed by atoms with Crippen LogP contribution in [0.15, 0.2) is 29.1 Å². The first-order valence-corrected chi connectivity index (χ1v) is 5.51. The lowest BCUT2D eigenvalue weighted by Gasteiger charge is -2.10. The van der Waals surface area contributed by atoms with Gasteiger partial charge in [0, 0.05) is 17.8 Å². The Hall–Kier alpha value is -2.61. The Bertz CT molecular complexity index is 743. The van der Waals surface area contributed by atoms with Gasteiger partial charge in [-0.1, -0.05) is 0 Å². The summed E-state index contributed by atoms with van der Waals surface area (Å²) in [6, 6.07) is 4.25. The predicted molar refractivity (Wildman–Crippen MR) is 66.1 cm³/mol. The van der Waals surface area contributed by atoms with E-state index in [0.717, 1.165) is 22.9 Å². The topological polar surface area (TPSA) is 90.0 Å². The van der Waals surface area contributed by atoms with E-state index < -0.39 is 28.7 Å². The number of carbonyl (C=O) groups excluding carboxylic acids is 1. The maximum Gasteiger partial charge on any atom is 0.289 e. The number of carbonyl (C=O) groups is 1. The van der Waals surface area contributed by atoms with Gasteiger partial charge in [-0.2, -0.15) is 5.10 Å². The fourth-order valence-corrected chi connectivity index (χ4v) is 1.65. The van der Waals surface area contributed by atoms with E-state index in [0.29, 0.717) is 5.69 Å². The van der Waals surface area contributed by atoms with Crippen molar-refractivity contribution < 1.29 is 13.6 Å². The van der Waals surface area contributed by atoms with Gasteiger partial charge in [0.05, 0.1) is 5.69 Å². The maximum absolute atomic E-state index is 13.2. The number of aromatic nitrogens is 2. The van der Waals surface area contributed by atoms with E-state index in [1.165, 1.54) is 6.07 Å². The second kappa shape index (κ2) is 5.17. The predicted octanol–water partition coefficient (Wildman–Crippen LogP) is 0.423. The van der Waals surface area contributed by atoms with Gasteiger partial charge in [-0.3, -0.25) is 15.0 Å². The molecule has 0 spiro atoms. The summed E-state index contributed by atoms with van der Waals surface area (Å²) in [5.74, 6) is 2.01. The Labute approximate surface area is 111 Å². The van der Waals surface area contributed by atoms with E-state index >= 15 is 0 Å². The second-order valence-electron chi connectivity index (χ2n) is 3.98. The van der Waals surface area contributed by atoms with E-state index in [2.05, 4.69) is 5.10 Å². The molecule has 2 rings (SSSR count). The first-order chi connectivity index (χ1) is 9.43. The summed E-state index contributed by atoms with van der Waals surface area (Å²) in [6.07, 6.45) is 0. The van der Waals surface area contributed by atoms with E-state index in [-0.39, 0.29) is 5.69 Å². The van der Waals surface area contributed by atoms with Crippen molar-refractivity contribution in [2.75, 3.05) is 0 Å². The lowest BCUT2D eigenvalue weighted by Crippen LogP contribution is -2.36. The quantitative estimate of drug-likeness (QED) is 0.474. The fraction of sp³-hybridized carbons (Fsp3) is 0.0833. The molecule has 2 aromatic rings. The number of hydrogen-bond donors (Lipinski definition) is 2. The van der Waals surface area contributed by atoms with Crippen LogP contribution in [-0.4, -0.2) is 15.7 Å². The minimum absolute atomic E-state index is 0.174. The molecule has 0 saturated carbocycles. The SMILES string of the molecule is Cc1cc(=O)c(C(=O)NN)nn1-c1ccc(F)c(F)c1. The number of nitrogens with zero attached hydrogens (tertiary/aromatic N) is 2. The summed E-state index contributed by atoms with van der Waals surface area (Å²) in [4.78, 5) is 23.0. The molecule has 0 bridgehead atoms. The Morgan fingerprint density at radius 1 is 1.30 bits per heavy atom. The molecule has 0 atom stereocenters. The van der Waals surface area contributed by atoms with Crippen molar-refractivity contribution >= 4 is 5.91 Å². The molecule has 20 heavy (non-hydrogen) atoms. The molecule has 104 valence electrons. The number of aryl methyl sites for hydroxylation is 1. The van der Waals surface area contributed by atoms with Crippen LogP contribution in [0.3, 0.4) is 0 Å². The number of nitrogen functional groups attached to an aromatic ring is 1. The van der Waals surface area contributed by atoms with Gasteiger partial charge in [0.25, 0.3) is 5.91 Å². The van der Waals surface area contributed by atoms with Crippen LogP contribution in [0.25, 0.3) is 5.69 Å². The molecule has 3 N–H and O–H groups in total. The standard InChI is InChI=1S/C12H10F2N4O2/c1-6-4-10(19)11(12(20)16-15)17-18(6)7-2-3-8(13)9(14)5-7/h2-5H,15H2,1H3,(H,16,20). The second-order valence-corrected chi connectivity index (χ2v) is 3.98. The van der Waals surface area contributed by atoms with Gasteiger partial charge in [0.2, 0.25) is 5.43 Å². The Morgan fingerprint density at radius 2 is 2.00 bits per heavy atom. The van der Waals surface area contributed by atoms with Crippen LogP contribution < -0.4 is 16.7 Å². The highest BCUT2D eigenvalue weighted by molar-refractivity contribution is 5.91. The number of hydrogen-bond acceptors (Lipinski definition) is 4. The fourth-order valence-electron chi connectivity index (χ4n) is 1.65. The number of amides is 1. The average Bonchev–Trinajstić information content (AvgIpc) is 2.41. The smallest absolute Gasteiger partial charge is 0.289 e. The van der Waals surface area contributed by atoms with Gasteiger partial charge in [-0.15, -0.1) is 0 Å². The largest absolute Gasteiger partial charge is 0.289 e. The van der Waals surface area contributed by atoms with E-state index in [4.69, 9.17) is 5.84 Å². The highest BCUT2D eigenvalue weighted by atomic mass is 19.2. The zero-order valence-electron chi connectivity index (χ0n) is 10.4. The number of halogens is 2. The van der Waals surface area contributed by atoms with Gasteiger partial charge >= 0.3 is 0 Å². The third-order valence-corrected chi connectivity index (χ3v) is 2.60. The molecule has 6 nitrogen and oxygen atoms in total. The summed E-state index contributed by atoms with van der Waals surface area (Å²) in [5.41, 5.74) is 1.26. The molecule has 0 radical (unpaired) electrons. The summed E-state index contributed by atoms with van der Waals surface area (Å²) in [6.45, 7) is 1.54. The lowest BCUT2D eigenvalue weighted by atomic mass is 10.2. The maximum atomic E-state index is 13.2. The van der Waals surface area contributed by atoms with Gasteiger partial charge in [0.15, 0.2) is 17.3 Å². The van der Waals surface area contributed by atoms with Crippen LogP contribution >= 0.6 is 0 Å².